The van der Waals surface area contributed by atoms with E-state index in [1.54, 1.807) is 19.1 Å². The van der Waals surface area contributed by atoms with Crippen LogP contribution in [0.25, 0.3) is 0 Å². The minimum atomic E-state index is -0.770. The van der Waals surface area contributed by atoms with Gasteiger partial charge in [0.2, 0.25) is 0 Å². The van der Waals surface area contributed by atoms with Crippen molar-refractivity contribution in [3.8, 4) is 0 Å². The SMILES string of the molecule is C/C=C/C=C/C(=O)ON=O.[H-].[H-].[K+].[Na+]. The summed E-state index contributed by atoms with van der Waals surface area (Å²) < 4.78 is 0. The van der Waals surface area contributed by atoms with Crippen molar-refractivity contribution in [2.24, 2.45) is 5.34 Å². The van der Waals surface area contributed by atoms with Crippen LogP contribution >= 0.6 is 0 Å². The molecule has 58 valence electrons. The molecule has 0 radical (unpaired) electrons. The summed E-state index contributed by atoms with van der Waals surface area (Å²) in [5, 5.41) is 1.94. The standard InChI is InChI=1S/C6H7NO3.K.Na.2H/c1-2-3-4-5-6(8)10-7-9;;;;/h2-5H,1H3;;;;/q;2*+1;2*-1/b3-2+,5-4+;;;;. The molecule has 0 bridgehead atoms. The summed E-state index contributed by atoms with van der Waals surface area (Å²) in [6.07, 6.45) is 5.92. The molecule has 0 aliphatic carbocycles. The van der Waals surface area contributed by atoms with Gasteiger partial charge in [0, 0.05) is 6.08 Å². The number of carbonyl (C=O) groups is 1. The summed E-state index contributed by atoms with van der Waals surface area (Å²) in [6, 6.07) is 0. The average Bonchev–Trinajstić information content (AvgIpc) is 1.89. The number of carbonyl (C=O) groups excluding carboxylic acids is 1. The smallest absolute Gasteiger partial charge is 1.00 e. The molecule has 0 aliphatic rings. The van der Waals surface area contributed by atoms with E-state index in [1.807, 2.05) is 5.34 Å². The van der Waals surface area contributed by atoms with Gasteiger partial charge in [-0.25, -0.2) is 4.79 Å². The zero-order valence-electron chi connectivity index (χ0n) is 9.48. The van der Waals surface area contributed by atoms with Crippen LogP contribution in [-0.2, 0) is 9.63 Å². The van der Waals surface area contributed by atoms with Crippen molar-refractivity contribution in [3.63, 3.8) is 0 Å². The zero-order chi connectivity index (χ0) is 7.82. The molecule has 0 rings (SSSR count). The molecule has 0 aromatic heterocycles. The Morgan fingerprint density at radius 3 is 2.50 bits per heavy atom. The first-order valence-electron chi connectivity index (χ1n) is 2.64. The quantitative estimate of drug-likeness (QED) is 0.154. The minimum Gasteiger partial charge on any atom is -1.00 e. The predicted octanol–water partition coefficient (Wildman–Crippen LogP) is -4.42. The molecule has 0 N–H and O–H groups in total. The van der Waals surface area contributed by atoms with Crippen LogP contribution in [0.2, 0.25) is 0 Å². The van der Waals surface area contributed by atoms with Gasteiger partial charge in [0.05, 0.1) is 0 Å². The third-order valence-corrected chi connectivity index (χ3v) is 0.663. The Labute approximate surface area is 138 Å². The van der Waals surface area contributed by atoms with E-state index in [0.717, 1.165) is 6.08 Å². The van der Waals surface area contributed by atoms with Crippen LogP contribution in [0.3, 0.4) is 0 Å². The molecule has 0 atom stereocenters. The normalized spacial score (nSPS) is 8.75. The second kappa shape index (κ2) is 14.7. The molecule has 0 heterocycles. The maximum Gasteiger partial charge on any atom is 1.00 e. The van der Waals surface area contributed by atoms with Crippen LogP contribution < -0.4 is 80.9 Å². The first-order valence-corrected chi connectivity index (χ1v) is 2.64. The fourth-order valence-corrected chi connectivity index (χ4v) is 0.312. The van der Waals surface area contributed by atoms with Gasteiger partial charge in [-0.1, -0.05) is 18.2 Å². The third kappa shape index (κ3) is 13.8. The van der Waals surface area contributed by atoms with Crippen LogP contribution in [-0.4, -0.2) is 5.97 Å². The van der Waals surface area contributed by atoms with Crippen molar-refractivity contribution in [1.29, 1.82) is 0 Å². The summed E-state index contributed by atoms with van der Waals surface area (Å²) in [7, 11) is 0. The van der Waals surface area contributed by atoms with E-state index in [2.05, 4.69) is 4.84 Å². The molecule has 0 aromatic carbocycles. The topological polar surface area (TPSA) is 55.7 Å². The molecule has 4 nitrogen and oxygen atoms in total. The van der Waals surface area contributed by atoms with Gasteiger partial charge >= 0.3 is 86.9 Å². The summed E-state index contributed by atoms with van der Waals surface area (Å²) >= 11 is 0. The molecular formula is C6H9KNNaO3. The van der Waals surface area contributed by atoms with Crippen molar-refractivity contribution >= 4 is 5.97 Å². The van der Waals surface area contributed by atoms with Gasteiger partial charge in [-0.2, -0.15) is 0 Å². The number of nitrogens with zero attached hydrogens (tertiary/aromatic N) is 1. The number of hydrogen-bond donors (Lipinski definition) is 0. The molecule has 12 heavy (non-hydrogen) atoms. The predicted molar refractivity (Wildman–Crippen MR) is 38.1 cm³/mol. The van der Waals surface area contributed by atoms with E-state index in [-0.39, 0.29) is 83.8 Å². The number of hydrogen-bond acceptors (Lipinski definition) is 4. The van der Waals surface area contributed by atoms with Crippen LogP contribution in [0.5, 0.6) is 0 Å². The molecular weight excluding hydrogens is 196 g/mol. The fraction of sp³-hybridized carbons (Fsp3) is 0.167. The number of rotatable bonds is 3. The van der Waals surface area contributed by atoms with E-state index < -0.39 is 5.97 Å². The van der Waals surface area contributed by atoms with Crippen LogP contribution in [0.4, 0.5) is 0 Å². The van der Waals surface area contributed by atoms with E-state index in [0.29, 0.717) is 0 Å². The fourth-order valence-electron chi connectivity index (χ4n) is 0.312. The van der Waals surface area contributed by atoms with Gasteiger partial charge in [-0.05, 0) is 6.92 Å². The van der Waals surface area contributed by atoms with Crippen LogP contribution in [0, 0.1) is 4.91 Å². The van der Waals surface area contributed by atoms with Gasteiger partial charge in [0.25, 0.3) is 0 Å². The molecule has 0 saturated heterocycles. The van der Waals surface area contributed by atoms with Crippen molar-refractivity contribution in [2.75, 3.05) is 0 Å². The molecule has 0 unspecified atom stereocenters. The van der Waals surface area contributed by atoms with Crippen molar-refractivity contribution in [1.82, 2.24) is 0 Å². The van der Waals surface area contributed by atoms with E-state index in [1.165, 1.54) is 6.08 Å². The van der Waals surface area contributed by atoms with Gasteiger partial charge < -0.3 is 2.85 Å². The van der Waals surface area contributed by atoms with E-state index in [9.17, 15) is 9.70 Å². The molecule has 0 amide bonds. The molecule has 0 saturated carbocycles. The maximum absolute atomic E-state index is 10.3. The summed E-state index contributed by atoms with van der Waals surface area (Å²) in [5.74, 6) is -0.770. The Balaban J connectivity index is -0.0000000675. The average molecular weight is 205 g/mol. The maximum atomic E-state index is 10.3. The van der Waals surface area contributed by atoms with E-state index >= 15 is 0 Å². The Morgan fingerprint density at radius 1 is 1.50 bits per heavy atom. The first-order chi connectivity index (χ1) is 4.81. The van der Waals surface area contributed by atoms with Crippen molar-refractivity contribution in [2.45, 2.75) is 6.92 Å². The summed E-state index contributed by atoms with van der Waals surface area (Å²) in [5.41, 5.74) is 0. The molecule has 6 heteroatoms. The largest absolute Gasteiger partial charge is 1.00 e. The van der Waals surface area contributed by atoms with Gasteiger partial charge in [0.15, 0.2) is 5.34 Å². The minimum absolute atomic E-state index is 0. The Morgan fingerprint density at radius 2 is 2.08 bits per heavy atom. The second-order valence-electron chi connectivity index (χ2n) is 1.37. The third-order valence-electron chi connectivity index (χ3n) is 0.663. The van der Waals surface area contributed by atoms with E-state index in [4.69, 9.17) is 0 Å². The van der Waals surface area contributed by atoms with Gasteiger partial charge in [0.1, 0.15) is 0 Å². The number of allylic oxidation sites excluding steroid dienone is 3. The molecule has 0 aliphatic heterocycles. The van der Waals surface area contributed by atoms with Crippen LogP contribution in [0.1, 0.15) is 9.78 Å². The molecule has 0 fully saturated rings. The molecule has 0 spiro atoms. The molecule has 0 aromatic rings. The summed E-state index contributed by atoms with van der Waals surface area (Å²) in [4.78, 5) is 23.3. The Hall–Kier alpha value is 1.19. The van der Waals surface area contributed by atoms with Gasteiger partial charge in [-0.15, -0.1) is 4.91 Å². The van der Waals surface area contributed by atoms with Crippen molar-refractivity contribution in [3.05, 3.63) is 29.2 Å². The first kappa shape index (κ1) is 18.9. The second-order valence-corrected chi connectivity index (χ2v) is 1.37. The zero-order valence-corrected chi connectivity index (χ0v) is 12.6. The van der Waals surface area contributed by atoms with Crippen LogP contribution in [0.15, 0.2) is 29.6 Å². The van der Waals surface area contributed by atoms with Crippen molar-refractivity contribution < 1.29 is 93.4 Å². The van der Waals surface area contributed by atoms with Gasteiger partial charge in [-0.3, -0.25) is 4.84 Å². The Kier molecular flexibility index (Phi) is 23.1. The summed E-state index contributed by atoms with van der Waals surface area (Å²) in [6.45, 7) is 1.80. The monoisotopic (exact) mass is 205 g/mol. The Bertz CT molecular complexity index is 190.